The fraction of sp³-hybridized carbons (Fsp3) is 0.318. The first kappa shape index (κ1) is 25.1. The molecule has 0 aliphatic carbocycles. The van der Waals surface area contributed by atoms with E-state index in [9.17, 15) is 27.1 Å². The number of rotatable bonds is 4. The highest BCUT2D eigenvalue weighted by Gasteiger charge is 2.33. The van der Waals surface area contributed by atoms with Crippen LogP contribution in [0.5, 0.6) is 5.75 Å². The van der Waals surface area contributed by atoms with Crippen molar-refractivity contribution < 1.29 is 27.1 Å². The number of halogens is 2. The molecular weight excluding hydrogens is 468 g/mol. The van der Waals surface area contributed by atoms with Crippen molar-refractivity contribution in [1.29, 1.82) is 0 Å². The summed E-state index contributed by atoms with van der Waals surface area (Å²) >= 11 is 0. The van der Waals surface area contributed by atoms with E-state index in [-0.39, 0.29) is 28.5 Å². The van der Waals surface area contributed by atoms with Gasteiger partial charge in [0.25, 0.3) is 5.91 Å². The van der Waals surface area contributed by atoms with Crippen LogP contribution in [0.4, 0.5) is 14.5 Å². The summed E-state index contributed by atoms with van der Waals surface area (Å²) in [5, 5.41) is 13.3. The van der Waals surface area contributed by atoms with Gasteiger partial charge in [-0.15, -0.1) is 4.40 Å². The molecule has 1 aliphatic heterocycles. The van der Waals surface area contributed by atoms with E-state index in [0.717, 1.165) is 18.2 Å². The molecule has 1 unspecified atom stereocenters. The van der Waals surface area contributed by atoms with Crippen LogP contribution in [0.3, 0.4) is 0 Å². The summed E-state index contributed by atoms with van der Waals surface area (Å²) in [6.07, 6.45) is 0. The average molecular weight is 494 g/mol. The molecule has 0 fully saturated rings. The second-order valence-corrected chi connectivity index (χ2v) is 10.3. The van der Waals surface area contributed by atoms with Gasteiger partial charge in [0.15, 0.2) is 17.4 Å². The monoisotopic (exact) mass is 493 g/mol. The summed E-state index contributed by atoms with van der Waals surface area (Å²) in [4.78, 5) is 18.0. The molecule has 182 valence electrons. The number of phenols is 1. The van der Waals surface area contributed by atoms with E-state index in [4.69, 9.17) is 0 Å². The number of nitrogens with zero attached hydrogens (tertiary/aromatic N) is 3. The molecule has 0 saturated heterocycles. The molecule has 0 aromatic heterocycles. The molecule has 3 N–H and O–H groups in total. The molecule has 2 aromatic rings. The number of hydrogen-bond acceptors (Lipinski definition) is 6. The van der Waals surface area contributed by atoms with Crippen molar-refractivity contribution in [2.75, 3.05) is 19.4 Å². The quantitative estimate of drug-likeness (QED) is 0.565. The van der Waals surface area contributed by atoms with Crippen LogP contribution in [0.25, 0.3) is 0 Å². The number of amidine groups is 2. The second kappa shape index (κ2) is 9.01. The van der Waals surface area contributed by atoms with E-state index in [0.29, 0.717) is 0 Å². The van der Waals surface area contributed by atoms with Gasteiger partial charge in [-0.3, -0.25) is 9.79 Å². The lowest BCUT2D eigenvalue weighted by Crippen LogP contribution is -2.32. The van der Waals surface area contributed by atoms with Crippen LogP contribution in [-0.2, 0) is 10.2 Å². The molecule has 9 nitrogen and oxygen atoms in total. The van der Waals surface area contributed by atoms with Gasteiger partial charge in [0.1, 0.15) is 11.6 Å². The van der Waals surface area contributed by atoms with Crippen LogP contribution in [0.2, 0.25) is 0 Å². The Morgan fingerprint density at radius 1 is 1.18 bits per heavy atom. The van der Waals surface area contributed by atoms with Gasteiger partial charge in [-0.1, -0.05) is 26.8 Å². The number of para-hydroxylation sites is 1. The summed E-state index contributed by atoms with van der Waals surface area (Å²) in [6.45, 7) is 5.33. The lowest BCUT2D eigenvalue weighted by Gasteiger charge is -2.28. The van der Waals surface area contributed by atoms with Crippen LogP contribution in [0, 0.1) is 17.0 Å². The lowest BCUT2D eigenvalue weighted by atomic mass is 9.82. The molecule has 34 heavy (non-hydrogen) atoms. The minimum atomic E-state index is -4.17. The zero-order valence-corrected chi connectivity index (χ0v) is 20.0. The number of amides is 1. The van der Waals surface area contributed by atoms with E-state index in [1.807, 2.05) is 0 Å². The van der Waals surface area contributed by atoms with Gasteiger partial charge in [-0.05, 0) is 35.2 Å². The number of carbonyl (C=O) groups is 1. The number of hydrogen-bond donors (Lipinski definition) is 3. The summed E-state index contributed by atoms with van der Waals surface area (Å²) < 4.78 is 58.0. The molecular formula is C22H25F2N5O4S. The molecule has 0 saturated carbocycles. The standard InChI is InChI=1S/C22H25F2N5O4S/c1-22(2,3)18(12-9-13(23)11-14(24)10-12)26-20-19(27-34(32,33)28-20)25-16-8-6-7-15(17(16)30)21(31)29(4)5/h6-11,18,30H,1-5H3,(H,25,27)(H,26,28). The summed E-state index contributed by atoms with van der Waals surface area (Å²) in [5.74, 6) is -2.93. The highest BCUT2D eigenvalue weighted by atomic mass is 32.2. The fourth-order valence-corrected chi connectivity index (χ4v) is 4.15. The van der Waals surface area contributed by atoms with Crippen molar-refractivity contribution in [3.05, 3.63) is 59.2 Å². The number of phenolic OH excluding ortho intramolecular Hbond substituents is 1. The SMILES string of the molecule is CN(C)C(=O)c1cccc(NC2=NS(=O)(=O)NC2=NC(c2cc(F)cc(F)c2)C(C)(C)C)c1O. The molecule has 1 aliphatic rings. The Labute approximate surface area is 196 Å². The maximum absolute atomic E-state index is 13.9. The van der Waals surface area contributed by atoms with Crippen molar-refractivity contribution in [2.24, 2.45) is 14.8 Å². The maximum Gasteiger partial charge on any atom is 0.345 e. The first-order valence-electron chi connectivity index (χ1n) is 10.2. The second-order valence-electron chi connectivity index (χ2n) is 8.99. The number of benzene rings is 2. The van der Waals surface area contributed by atoms with E-state index >= 15 is 0 Å². The topological polar surface area (TPSA) is 123 Å². The van der Waals surface area contributed by atoms with Crippen molar-refractivity contribution in [3.8, 4) is 5.75 Å². The molecule has 3 rings (SSSR count). The van der Waals surface area contributed by atoms with E-state index in [1.165, 1.54) is 37.2 Å². The third-order valence-corrected chi connectivity index (χ3v) is 5.74. The normalized spacial score (nSPS) is 17.1. The fourth-order valence-electron chi connectivity index (χ4n) is 3.34. The molecule has 1 heterocycles. The maximum atomic E-state index is 13.9. The van der Waals surface area contributed by atoms with Gasteiger partial charge in [-0.2, -0.15) is 8.42 Å². The van der Waals surface area contributed by atoms with Gasteiger partial charge >= 0.3 is 10.2 Å². The lowest BCUT2D eigenvalue weighted by molar-refractivity contribution is 0.0824. The number of anilines is 1. The van der Waals surface area contributed by atoms with Crippen LogP contribution >= 0.6 is 0 Å². The Balaban J connectivity index is 2.06. The highest BCUT2D eigenvalue weighted by molar-refractivity contribution is 7.89. The van der Waals surface area contributed by atoms with Gasteiger partial charge in [0, 0.05) is 20.2 Å². The smallest absolute Gasteiger partial charge is 0.345 e. The predicted molar refractivity (Wildman–Crippen MR) is 125 cm³/mol. The van der Waals surface area contributed by atoms with Gasteiger partial charge < -0.3 is 15.3 Å². The van der Waals surface area contributed by atoms with E-state index in [1.54, 1.807) is 20.8 Å². The Bertz CT molecular complexity index is 1280. The third kappa shape index (κ3) is 5.50. The van der Waals surface area contributed by atoms with Crippen LogP contribution < -0.4 is 10.0 Å². The summed E-state index contributed by atoms with van der Waals surface area (Å²) in [6, 6.07) is 6.45. The molecule has 1 atom stereocenters. The summed E-state index contributed by atoms with van der Waals surface area (Å²) in [5.41, 5.74) is -0.468. The first-order valence-corrected chi connectivity index (χ1v) is 11.6. The number of carbonyl (C=O) groups excluding carboxylic acids is 1. The van der Waals surface area contributed by atoms with Crippen molar-refractivity contribution in [2.45, 2.75) is 26.8 Å². The minimum absolute atomic E-state index is 0.00861. The Kier molecular flexibility index (Phi) is 6.65. The van der Waals surface area contributed by atoms with E-state index < -0.39 is 45.0 Å². The third-order valence-electron chi connectivity index (χ3n) is 4.87. The largest absolute Gasteiger partial charge is 0.505 e. The van der Waals surface area contributed by atoms with Gasteiger partial charge in [0.2, 0.25) is 0 Å². The van der Waals surface area contributed by atoms with Crippen LogP contribution in [-0.4, -0.2) is 50.1 Å². The molecule has 0 bridgehead atoms. The van der Waals surface area contributed by atoms with Gasteiger partial charge in [-0.25, -0.2) is 13.5 Å². The first-order chi connectivity index (χ1) is 15.7. The molecule has 2 aromatic carbocycles. The number of nitrogens with one attached hydrogen (secondary N) is 2. The average Bonchev–Trinajstić information content (AvgIpc) is 2.98. The van der Waals surface area contributed by atoms with Crippen LogP contribution in [0.15, 0.2) is 45.8 Å². The number of aliphatic imine (C=N–C) groups is 1. The Morgan fingerprint density at radius 3 is 2.35 bits per heavy atom. The molecule has 0 spiro atoms. The minimum Gasteiger partial charge on any atom is -0.505 e. The molecule has 0 radical (unpaired) electrons. The van der Waals surface area contributed by atoms with Crippen molar-refractivity contribution >= 4 is 33.5 Å². The molecule has 12 heteroatoms. The zero-order chi connectivity index (χ0) is 25.4. The number of aromatic hydroxyl groups is 1. The highest BCUT2D eigenvalue weighted by Crippen LogP contribution is 2.37. The van der Waals surface area contributed by atoms with Crippen molar-refractivity contribution in [1.82, 2.24) is 9.62 Å². The van der Waals surface area contributed by atoms with Crippen LogP contribution in [0.1, 0.15) is 42.7 Å². The summed E-state index contributed by atoms with van der Waals surface area (Å²) in [7, 11) is -1.13. The van der Waals surface area contributed by atoms with Gasteiger partial charge in [0.05, 0.1) is 17.3 Å². The Hall–Kier alpha value is -3.54. The molecule has 1 amide bonds. The predicted octanol–water partition coefficient (Wildman–Crippen LogP) is 3.22. The zero-order valence-electron chi connectivity index (χ0n) is 19.2. The Morgan fingerprint density at radius 2 is 1.79 bits per heavy atom. The van der Waals surface area contributed by atoms with E-state index in [2.05, 4.69) is 19.4 Å². The van der Waals surface area contributed by atoms with Crippen molar-refractivity contribution in [3.63, 3.8) is 0 Å².